The Morgan fingerprint density at radius 3 is 2.69 bits per heavy atom. The summed E-state index contributed by atoms with van der Waals surface area (Å²) in [5, 5.41) is 12.8. The smallest absolute Gasteiger partial charge is 0.325 e. The zero-order valence-corrected chi connectivity index (χ0v) is 8.79. The molecule has 0 unspecified atom stereocenters. The summed E-state index contributed by atoms with van der Waals surface area (Å²) in [5.74, 6) is 0.230. The molecule has 0 spiro atoms. The van der Waals surface area contributed by atoms with Gasteiger partial charge in [0.15, 0.2) is 5.82 Å². The Hall–Kier alpha value is -2.17. The van der Waals surface area contributed by atoms with Gasteiger partial charge in [0.1, 0.15) is 12.4 Å². The number of hydrogen-bond acceptors (Lipinski definition) is 3. The molecule has 2 aromatic rings. The summed E-state index contributed by atoms with van der Waals surface area (Å²) in [5.41, 5.74) is 0.884. The zero-order valence-electron chi connectivity index (χ0n) is 8.79. The van der Waals surface area contributed by atoms with Crippen LogP contribution in [0.4, 0.5) is 0 Å². The first-order valence-electron chi connectivity index (χ1n) is 4.85. The van der Waals surface area contributed by atoms with Gasteiger partial charge in [0.2, 0.25) is 0 Å². The third-order valence-corrected chi connectivity index (χ3v) is 2.17. The number of carbonyl (C=O) groups is 1. The zero-order chi connectivity index (χ0) is 11.5. The van der Waals surface area contributed by atoms with Gasteiger partial charge >= 0.3 is 5.97 Å². The highest BCUT2D eigenvalue weighted by Crippen LogP contribution is 2.14. The molecular weight excluding hydrogens is 206 g/mol. The fourth-order valence-corrected chi connectivity index (χ4v) is 1.41. The molecule has 0 amide bonds. The molecule has 0 radical (unpaired) electrons. The van der Waals surface area contributed by atoms with Crippen LogP contribution in [0.3, 0.4) is 0 Å². The molecule has 0 atom stereocenters. The van der Waals surface area contributed by atoms with Gasteiger partial charge in [-0.15, -0.1) is 0 Å². The average molecular weight is 217 g/mol. The van der Waals surface area contributed by atoms with Crippen LogP contribution in [-0.2, 0) is 11.3 Å². The summed E-state index contributed by atoms with van der Waals surface area (Å²) in [6, 6.07) is 9.47. The van der Waals surface area contributed by atoms with E-state index in [1.54, 1.807) is 6.92 Å². The van der Waals surface area contributed by atoms with Crippen molar-refractivity contribution in [1.82, 2.24) is 14.8 Å². The number of carboxylic acids is 1. The number of hydrogen-bond donors (Lipinski definition) is 1. The Kier molecular flexibility index (Phi) is 2.68. The van der Waals surface area contributed by atoms with Crippen molar-refractivity contribution in [2.24, 2.45) is 0 Å². The number of rotatable bonds is 3. The van der Waals surface area contributed by atoms with E-state index in [0.717, 1.165) is 5.56 Å². The molecule has 1 N–H and O–H groups in total. The van der Waals surface area contributed by atoms with Crippen molar-refractivity contribution in [3.05, 3.63) is 36.2 Å². The minimum Gasteiger partial charge on any atom is -0.480 e. The Bertz CT molecular complexity index is 505. The third kappa shape index (κ3) is 2.08. The van der Waals surface area contributed by atoms with Crippen LogP contribution >= 0.6 is 0 Å². The van der Waals surface area contributed by atoms with Gasteiger partial charge < -0.3 is 5.11 Å². The van der Waals surface area contributed by atoms with E-state index in [1.807, 2.05) is 30.3 Å². The van der Waals surface area contributed by atoms with E-state index in [-0.39, 0.29) is 6.54 Å². The largest absolute Gasteiger partial charge is 0.480 e. The fraction of sp³-hybridized carbons (Fsp3) is 0.182. The Balaban J connectivity index is 2.34. The molecule has 2 rings (SSSR count). The van der Waals surface area contributed by atoms with Gasteiger partial charge in [-0.3, -0.25) is 4.79 Å². The molecule has 0 saturated carbocycles. The van der Waals surface area contributed by atoms with E-state index in [1.165, 1.54) is 4.68 Å². The van der Waals surface area contributed by atoms with Crippen LogP contribution in [0, 0.1) is 6.92 Å². The normalized spacial score (nSPS) is 10.3. The number of nitrogens with zero attached hydrogens (tertiary/aromatic N) is 3. The molecule has 0 aliphatic rings. The van der Waals surface area contributed by atoms with Gasteiger partial charge in [-0.1, -0.05) is 30.3 Å². The highest BCUT2D eigenvalue weighted by atomic mass is 16.4. The molecule has 0 fully saturated rings. The first-order valence-corrected chi connectivity index (χ1v) is 4.85. The molecule has 1 aromatic carbocycles. The number of aliphatic carboxylic acids is 1. The lowest BCUT2D eigenvalue weighted by Gasteiger charge is -1.96. The Morgan fingerprint density at radius 1 is 1.38 bits per heavy atom. The predicted molar refractivity (Wildman–Crippen MR) is 57.8 cm³/mol. The first kappa shape index (κ1) is 10.4. The SMILES string of the molecule is Cc1nc(-c2ccccc2)nn1CC(=O)O. The van der Waals surface area contributed by atoms with Crippen LogP contribution < -0.4 is 0 Å². The lowest BCUT2D eigenvalue weighted by atomic mass is 10.2. The molecule has 1 aromatic heterocycles. The van der Waals surface area contributed by atoms with Crippen molar-refractivity contribution in [3.63, 3.8) is 0 Å². The van der Waals surface area contributed by atoms with E-state index in [4.69, 9.17) is 5.11 Å². The van der Waals surface area contributed by atoms with Crippen molar-refractivity contribution >= 4 is 5.97 Å². The highest BCUT2D eigenvalue weighted by Gasteiger charge is 2.09. The van der Waals surface area contributed by atoms with E-state index >= 15 is 0 Å². The molecular formula is C11H11N3O2. The van der Waals surface area contributed by atoms with E-state index in [9.17, 15) is 4.79 Å². The van der Waals surface area contributed by atoms with Gasteiger partial charge in [0, 0.05) is 5.56 Å². The molecule has 1 heterocycles. The van der Waals surface area contributed by atoms with Gasteiger partial charge in [0.25, 0.3) is 0 Å². The van der Waals surface area contributed by atoms with E-state index < -0.39 is 5.97 Å². The van der Waals surface area contributed by atoms with Crippen LogP contribution in [0.5, 0.6) is 0 Å². The average Bonchev–Trinajstić information content (AvgIpc) is 2.61. The van der Waals surface area contributed by atoms with Gasteiger partial charge in [-0.25, -0.2) is 9.67 Å². The number of aryl methyl sites for hydroxylation is 1. The molecule has 16 heavy (non-hydrogen) atoms. The van der Waals surface area contributed by atoms with E-state index in [2.05, 4.69) is 10.1 Å². The van der Waals surface area contributed by atoms with Crippen LogP contribution in [0.15, 0.2) is 30.3 Å². The second-order valence-corrected chi connectivity index (χ2v) is 3.40. The molecule has 0 saturated heterocycles. The molecule has 0 aliphatic heterocycles. The fourth-order valence-electron chi connectivity index (χ4n) is 1.41. The maximum atomic E-state index is 10.6. The maximum Gasteiger partial charge on any atom is 0.325 e. The lowest BCUT2D eigenvalue weighted by molar-refractivity contribution is -0.137. The Labute approximate surface area is 92.4 Å². The lowest BCUT2D eigenvalue weighted by Crippen LogP contribution is -2.11. The number of aromatic nitrogens is 3. The molecule has 5 nitrogen and oxygen atoms in total. The topological polar surface area (TPSA) is 68.0 Å². The molecule has 5 heteroatoms. The summed E-state index contributed by atoms with van der Waals surface area (Å²) < 4.78 is 1.38. The minimum atomic E-state index is -0.924. The predicted octanol–water partition coefficient (Wildman–Crippen LogP) is 1.34. The van der Waals surface area contributed by atoms with Crippen LogP contribution in [-0.4, -0.2) is 25.8 Å². The second-order valence-electron chi connectivity index (χ2n) is 3.40. The van der Waals surface area contributed by atoms with Crippen LogP contribution in [0.1, 0.15) is 5.82 Å². The van der Waals surface area contributed by atoms with Crippen molar-refractivity contribution < 1.29 is 9.90 Å². The van der Waals surface area contributed by atoms with E-state index in [0.29, 0.717) is 11.6 Å². The maximum absolute atomic E-state index is 10.6. The highest BCUT2D eigenvalue weighted by molar-refractivity contribution is 5.66. The van der Waals surface area contributed by atoms with Crippen LogP contribution in [0.2, 0.25) is 0 Å². The second kappa shape index (κ2) is 4.14. The standard InChI is InChI=1S/C11H11N3O2/c1-8-12-11(9-5-3-2-4-6-9)13-14(8)7-10(15)16/h2-6H,7H2,1H3,(H,15,16). The van der Waals surface area contributed by atoms with Gasteiger partial charge in [-0.05, 0) is 6.92 Å². The summed E-state index contributed by atoms with van der Waals surface area (Å²) >= 11 is 0. The molecule has 0 aliphatic carbocycles. The summed E-state index contributed by atoms with van der Waals surface area (Å²) in [7, 11) is 0. The molecule has 0 bridgehead atoms. The number of benzene rings is 1. The summed E-state index contributed by atoms with van der Waals surface area (Å²) in [6.45, 7) is 1.58. The van der Waals surface area contributed by atoms with Crippen molar-refractivity contribution in [1.29, 1.82) is 0 Å². The quantitative estimate of drug-likeness (QED) is 0.842. The van der Waals surface area contributed by atoms with Crippen LogP contribution in [0.25, 0.3) is 11.4 Å². The summed E-state index contributed by atoms with van der Waals surface area (Å²) in [6.07, 6.45) is 0. The number of carboxylic acid groups (broad SMARTS) is 1. The first-order chi connectivity index (χ1) is 7.66. The van der Waals surface area contributed by atoms with Crippen molar-refractivity contribution in [2.75, 3.05) is 0 Å². The summed E-state index contributed by atoms with van der Waals surface area (Å²) in [4.78, 5) is 14.8. The Morgan fingerprint density at radius 2 is 2.06 bits per heavy atom. The minimum absolute atomic E-state index is 0.161. The van der Waals surface area contributed by atoms with Crippen molar-refractivity contribution in [2.45, 2.75) is 13.5 Å². The monoisotopic (exact) mass is 217 g/mol. The van der Waals surface area contributed by atoms with Crippen molar-refractivity contribution in [3.8, 4) is 11.4 Å². The molecule has 82 valence electrons. The third-order valence-electron chi connectivity index (χ3n) is 2.17. The van der Waals surface area contributed by atoms with Gasteiger partial charge in [0.05, 0.1) is 0 Å². The van der Waals surface area contributed by atoms with Gasteiger partial charge in [-0.2, -0.15) is 5.10 Å².